The summed E-state index contributed by atoms with van der Waals surface area (Å²) in [5.74, 6) is 0. The van der Waals surface area contributed by atoms with Gasteiger partial charge in [-0.2, -0.15) is 0 Å². The van der Waals surface area contributed by atoms with Gasteiger partial charge in [-0.05, 0) is 59.9 Å². The van der Waals surface area contributed by atoms with E-state index in [1.165, 1.54) is 19.4 Å². The van der Waals surface area contributed by atoms with E-state index in [0.29, 0.717) is 0 Å². The van der Waals surface area contributed by atoms with Crippen LogP contribution >= 0.6 is 0 Å². The molecule has 3 heteroatoms. The normalized spacial score (nSPS) is 11.1. The fourth-order valence-corrected chi connectivity index (χ4v) is 1.25. The van der Waals surface area contributed by atoms with Crippen molar-refractivity contribution in [2.75, 3.05) is 46.9 Å². The highest BCUT2D eigenvalue weighted by Gasteiger charge is 1.91. The van der Waals surface area contributed by atoms with E-state index in [1.54, 1.807) is 0 Å². The monoisotopic (exact) mass is 202 g/mol. The second-order valence-corrected chi connectivity index (χ2v) is 3.81. The van der Waals surface area contributed by atoms with Gasteiger partial charge in [-0.1, -0.05) is 0 Å². The minimum Gasteiger partial charge on any atom is -0.382 e. The van der Waals surface area contributed by atoms with Crippen molar-refractivity contribution >= 4 is 0 Å². The third-order valence-corrected chi connectivity index (χ3v) is 2.06. The van der Waals surface area contributed by atoms with Crippen LogP contribution in [-0.2, 0) is 4.74 Å². The molecule has 0 aromatic heterocycles. The summed E-state index contributed by atoms with van der Waals surface area (Å²) in [6, 6.07) is 0. The summed E-state index contributed by atoms with van der Waals surface area (Å²) in [5.41, 5.74) is 0. The summed E-state index contributed by atoms with van der Waals surface area (Å²) in [6.45, 7) is 7.18. The molecule has 0 rings (SSSR count). The molecule has 3 nitrogen and oxygen atoms in total. The minimum absolute atomic E-state index is 0.836. The summed E-state index contributed by atoms with van der Waals surface area (Å²) >= 11 is 0. The molecule has 0 bridgehead atoms. The number of unbranched alkanes of at least 4 members (excludes halogenated alkanes) is 1. The number of hydrogen-bond acceptors (Lipinski definition) is 3. The fraction of sp³-hybridized carbons (Fsp3) is 1.00. The Labute approximate surface area is 88.8 Å². The van der Waals surface area contributed by atoms with E-state index in [-0.39, 0.29) is 0 Å². The van der Waals surface area contributed by atoms with Crippen LogP contribution < -0.4 is 5.32 Å². The van der Waals surface area contributed by atoms with Crippen molar-refractivity contribution in [2.24, 2.45) is 0 Å². The smallest absolute Gasteiger partial charge is 0.0477 e. The highest BCUT2D eigenvalue weighted by molar-refractivity contribution is 4.50. The molecule has 0 aliphatic carbocycles. The summed E-state index contributed by atoms with van der Waals surface area (Å²) in [7, 11) is 4.24. The lowest BCUT2D eigenvalue weighted by Gasteiger charge is -2.09. The number of ether oxygens (including phenoxy) is 1. The first-order valence-electron chi connectivity index (χ1n) is 5.70. The molecule has 0 saturated heterocycles. The first-order valence-corrected chi connectivity index (χ1v) is 5.70. The van der Waals surface area contributed by atoms with Crippen LogP contribution in [0, 0.1) is 0 Å². The number of nitrogens with one attached hydrogen (secondary N) is 1. The van der Waals surface area contributed by atoms with Crippen LogP contribution in [0.4, 0.5) is 0 Å². The molecule has 0 aliphatic heterocycles. The Balaban J connectivity index is 2.85. The molecule has 1 N–H and O–H groups in total. The summed E-state index contributed by atoms with van der Waals surface area (Å²) < 4.78 is 5.25. The van der Waals surface area contributed by atoms with Crippen LogP contribution in [0.2, 0.25) is 0 Å². The molecule has 0 aromatic rings. The van der Waals surface area contributed by atoms with Gasteiger partial charge in [0, 0.05) is 13.2 Å². The molecule has 0 saturated carbocycles. The molecule has 0 fully saturated rings. The second kappa shape index (κ2) is 11.0. The van der Waals surface area contributed by atoms with Crippen molar-refractivity contribution in [3.63, 3.8) is 0 Å². The van der Waals surface area contributed by atoms with E-state index in [0.717, 1.165) is 32.7 Å². The van der Waals surface area contributed by atoms with Gasteiger partial charge < -0.3 is 15.0 Å². The number of hydrogen-bond donors (Lipinski definition) is 1. The maximum Gasteiger partial charge on any atom is 0.0477 e. The third-order valence-electron chi connectivity index (χ3n) is 2.06. The Kier molecular flexibility index (Phi) is 10.9. The van der Waals surface area contributed by atoms with E-state index in [9.17, 15) is 0 Å². The van der Waals surface area contributed by atoms with Gasteiger partial charge in [0.25, 0.3) is 0 Å². The average Bonchev–Trinajstić information content (AvgIpc) is 2.15. The Morgan fingerprint density at radius 2 is 1.79 bits per heavy atom. The van der Waals surface area contributed by atoms with Crippen molar-refractivity contribution in [3.05, 3.63) is 0 Å². The van der Waals surface area contributed by atoms with Crippen LogP contribution in [0.3, 0.4) is 0 Å². The third kappa shape index (κ3) is 11.9. The molecular formula is C11H26N2O. The highest BCUT2D eigenvalue weighted by atomic mass is 16.5. The predicted molar refractivity (Wildman–Crippen MR) is 61.8 cm³/mol. The van der Waals surface area contributed by atoms with Crippen LogP contribution in [-0.4, -0.2) is 51.8 Å². The standard InChI is InChI=1S/C11H26N2O/c1-4-14-11-7-9-12-8-5-6-10-13(2)3/h12H,4-11H2,1-3H3. The van der Waals surface area contributed by atoms with Gasteiger partial charge in [0.15, 0.2) is 0 Å². The van der Waals surface area contributed by atoms with Gasteiger partial charge in [-0.25, -0.2) is 0 Å². The van der Waals surface area contributed by atoms with Gasteiger partial charge in [0.1, 0.15) is 0 Å². The van der Waals surface area contributed by atoms with Crippen LogP contribution in [0.25, 0.3) is 0 Å². The maximum absolute atomic E-state index is 5.25. The van der Waals surface area contributed by atoms with Gasteiger partial charge in [0.05, 0.1) is 0 Å². The molecule has 0 radical (unpaired) electrons. The van der Waals surface area contributed by atoms with Crippen LogP contribution in [0.15, 0.2) is 0 Å². The van der Waals surface area contributed by atoms with Crippen molar-refractivity contribution in [1.82, 2.24) is 10.2 Å². The molecule has 86 valence electrons. The lowest BCUT2D eigenvalue weighted by molar-refractivity contribution is 0.145. The largest absolute Gasteiger partial charge is 0.382 e. The molecule has 0 atom stereocenters. The summed E-state index contributed by atoms with van der Waals surface area (Å²) in [5, 5.41) is 3.42. The lowest BCUT2D eigenvalue weighted by atomic mass is 10.3. The highest BCUT2D eigenvalue weighted by Crippen LogP contribution is 1.89. The molecule has 0 spiro atoms. The molecule has 0 amide bonds. The van der Waals surface area contributed by atoms with Gasteiger partial charge in [-0.15, -0.1) is 0 Å². The van der Waals surface area contributed by atoms with Gasteiger partial charge in [0.2, 0.25) is 0 Å². The van der Waals surface area contributed by atoms with Crippen LogP contribution in [0.1, 0.15) is 26.2 Å². The maximum atomic E-state index is 5.25. The van der Waals surface area contributed by atoms with Crippen LogP contribution in [0.5, 0.6) is 0 Å². The molecule has 0 unspecified atom stereocenters. The first-order chi connectivity index (χ1) is 6.77. The van der Waals surface area contributed by atoms with E-state index in [1.807, 2.05) is 6.92 Å². The first kappa shape index (κ1) is 13.9. The minimum atomic E-state index is 0.836. The molecule has 0 aliphatic rings. The summed E-state index contributed by atoms with van der Waals surface area (Å²) in [6.07, 6.45) is 3.68. The zero-order valence-corrected chi connectivity index (χ0v) is 10.0. The van der Waals surface area contributed by atoms with Crippen molar-refractivity contribution < 1.29 is 4.74 Å². The topological polar surface area (TPSA) is 24.5 Å². The molecule has 0 heterocycles. The lowest BCUT2D eigenvalue weighted by Crippen LogP contribution is -2.20. The molecule has 0 aromatic carbocycles. The van der Waals surface area contributed by atoms with Gasteiger partial charge in [-0.3, -0.25) is 0 Å². The van der Waals surface area contributed by atoms with Crippen molar-refractivity contribution in [3.8, 4) is 0 Å². The van der Waals surface area contributed by atoms with E-state index in [4.69, 9.17) is 4.74 Å². The number of rotatable bonds is 10. The van der Waals surface area contributed by atoms with E-state index in [2.05, 4.69) is 24.3 Å². The van der Waals surface area contributed by atoms with Gasteiger partial charge >= 0.3 is 0 Å². The zero-order chi connectivity index (χ0) is 10.6. The summed E-state index contributed by atoms with van der Waals surface area (Å²) in [4.78, 5) is 2.23. The predicted octanol–water partition coefficient (Wildman–Crippen LogP) is 1.34. The van der Waals surface area contributed by atoms with Crippen molar-refractivity contribution in [1.29, 1.82) is 0 Å². The Morgan fingerprint density at radius 3 is 2.43 bits per heavy atom. The van der Waals surface area contributed by atoms with E-state index < -0.39 is 0 Å². The van der Waals surface area contributed by atoms with Crippen molar-refractivity contribution in [2.45, 2.75) is 26.2 Å². The Hall–Kier alpha value is -0.120. The average molecular weight is 202 g/mol. The SMILES string of the molecule is CCOCCCNCCCCN(C)C. The quantitative estimate of drug-likeness (QED) is 0.541. The van der Waals surface area contributed by atoms with E-state index >= 15 is 0 Å². The molecular weight excluding hydrogens is 176 g/mol. The fourth-order valence-electron chi connectivity index (χ4n) is 1.25. The number of nitrogens with zero attached hydrogens (tertiary/aromatic N) is 1. The second-order valence-electron chi connectivity index (χ2n) is 3.81. The Bertz CT molecular complexity index is 107. The molecule has 14 heavy (non-hydrogen) atoms. The Morgan fingerprint density at radius 1 is 1.07 bits per heavy atom. The zero-order valence-electron chi connectivity index (χ0n) is 10.0.